The first kappa shape index (κ1) is 19.9. The summed E-state index contributed by atoms with van der Waals surface area (Å²) in [6.45, 7) is -0.838. The van der Waals surface area contributed by atoms with Gasteiger partial charge in [-0.15, -0.1) is 0 Å². The van der Waals surface area contributed by atoms with Crippen LogP contribution < -0.4 is 10.1 Å². The Morgan fingerprint density at radius 3 is 2.15 bits per heavy atom. The van der Waals surface area contributed by atoms with E-state index in [1.54, 1.807) is 0 Å². The number of hydrogen-bond donors (Lipinski definition) is 3. The van der Waals surface area contributed by atoms with Crippen LogP contribution in [-0.4, -0.2) is 29.5 Å². The fourth-order valence-electron chi connectivity index (χ4n) is 1.97. The van der Waals surface area contributed by atoms with Gasteiger partial charge in [-0.25, -0.2) is 13.2 Å². The summed E-state index contributed by atoms with van der Waals surface area (Å²) in [5.41, 5.74) is -1.69. The first-order valence-electron chi connectivity index (χ1n) is 7.19. The number of anilines is 1. The van der Waals surface area contributed by atoms with Crippen LogP contribution in [-0.2, 0) is 6.18 Å². The van der Waals surface area contributed by atoms with Gasteiger partial charge in [0.1, 0.15) is 0 Å². The van der Waals surface area contributed by atoms with Crippen molar-refractivity contribution in [3.63, 3.8) is 0 Å². The van der Waals surface area contributed by atoms with E-state index in [9.17, 15) is 31.4 Å². The highest BCUT2D eigenvalue weighted by atomic mass is 19.4. The molecule has 2 aromatic rings. The first-order valence-corrected chi connectivity index (χ1v) is 7.19. The van der Waals surface area contributed by atoms with Gasteiger partial charge in [-0.3, -0.25) is 0 Å². The number of alkyl halides is 3. The topological polar surface area (TPSA) is 61.7 Å². The molecule has 2 rings (SSSR count). The van der Waals surface area contributed by atoms with Crippen LogP contribution in [0.3, 0.4) is 0 Å². The van der Waals surface area contributed by atoms with Gasteiger partial charge < -0.3 is 20.3 Å². The summed E-state index contributed by atoms with van der Waals surface area (Å²) < 4.78 is 84.2. The molecule has 26 heavy (non-hydrogen) atoms. The number of aliphatic hydroxyl groups is 2. The van der Waals surface area contributed by atoms with Gasteiger partial charge in [0.15, 0.2) is 29.0 Å². The number of benzene rings is 2. The molecule has 0 saturated carbocycles. The molecule has 0 radical (unpaired) electrons. The van der Waals surface area contributed by atoms with E-state index in [1.165, 1.54) is 12.1 Å². The van der Waals surface area contributed by atoms with Crippen LogP contribution >= 0.6 is 0 Å². The number of para-hydroxylation sites is 1. The first-order chi connectivity index (χ1) is 12.1. The summed E-state index contributed by atoms with van der Waals surface area (Å²) >= 11 is 0. The Kier molecular flexibility index (Phi) is 5.98. The van der Waals surface area contributed by atoms with Crippen molar-refractivity contribution in [2.24, 2.45) is 0 Å². The summed E-state index contributed by atoms with van der Waals surface area (Å²) in [6.07, 6.45) is -6.17. The maximum atomic E-state index is 14.0. The Morgan fingerprint density at radius 2 is 1.62 bits per heavy atom. The molecule has 0 fully saturated rings. The summed E-state index contributed by atoms with van der Waals surface area (Å²) in [4.78, 5) is 0. The lowest BCUT2D eigenvalue weighted by Crippen LogP contribution is -2.23. The normalized spacial score (nSPS) is 12.8. The van der Waals surface area contributed by atoms with Gasteiger partial charge >= 0.3 is 6.18 Å². The van der Waals surface area contributed by atoms with Crippen molar-refractivity contribution in [3.8, 4) is 11.5 Å². The molecule has 4 nitrogen and oxygen atoms in total. The fraction of sp³-hybridized carbons (Fsp3) is 0.250. The van der Waals surface area contributed by atoms with Crippen molar-refractivity contribution in [1.82, 2.24) is 0 Å². The van der Waals surface area contributed by atoms with E-state index in [-0.39, 0.29) is 24.4 Å². The minimum atomic E-state index is -4.97. The van der Waals surface area contributed by atoms with Crippen molar-refractivity contribution in [2.75, 3.05) is 18.5 Å². The largest absolute Gasteiger partial charge is 0.446 e. The lowest BCUT2D eigenvalue weighted by molar-refractivity contribution is -0.138. The van der Waals surface area contributed by atoms with Crippen LogP contribution in [0.5, 0.6) is 11.5 Å². The molecular formula is C16H13F6NO3. The molecule has 0 saturated heterocycles. The van der Waals surface area contributed by atoms with Crippen LogP contribution in [0, 0.1) is 17.5 Å². The second-order valence-electron chi connectivity index (χ2n) is 5.20. The Morgan fingerprint density at radius 1 is 1.00 bits per heavy atom. The number of rotatable bonds is 6. The van der Waals surface area contributed by atoms with Crippen LogP contribution in [0.2, 0.25) is 0 Å². The smallest absolute Gasteiger partial charge is 0.416 e. The van der Waals surface area contributed by atoms with Gasteiger partial charge in [0.2, 0.25) is 0 Å². The number of halogens is 6. The zero-order valence-corrected chi connectivity index (χ0v) is 12.9. The Balaban J connectivity index is 2.37. The highest BCUT2D eigenvalue weighted by Gasteiger charge is 2.33. The summed E-state index contributed by atoms with van der Waals surface area (Å²) in [5.74, 6) is -6.28. The summed E-state index contributed by atoms with van der Waals surface area (Å²) in [7, 11) is 0. The van der Waals surface area contributed by atoms with E-state index in [0.29, 0.717) is 0 Å². The maximum Gasteiger partial charge on any atom is 0.416 e. The number of ether oxygens (including phenoxy) is 1. The minimum absolute atomic E-state index is 0.0296. The van der Waals surface area contributed by atoms with Crippen LogP contribution in [0.15, 0.2) is 30.3 Å². The fourth-order valence-corrected chi connectivity index (χ4v) is 1.97. The second kappa shape index (κ2) is 7.83. The third kappa shape index (κ3) is 4.58. The quantitative estimate of drug-likeness (QED) is 0.668. The highest BCUT2D eigenvalue weighted by Crippen LogP contribution is 2.38. The number of aliphatic hydroxyl groups excluding tert-OH is 2. The van der Waals surface area contributed by atoms with E-state index >= 15 is 0 Å². The van der Waals surface area contributed by atoms with Crippen molar-refractivity contribution in [2.45, 2.75) is 12.3 Å². The lowest BCUT2D eigenvalue weighted by atomic mass is 10.2. The van der Waals surface area contributed by atoms with E-state index in [0.717, 1.165) is 6.07 Å². The predicted octanol–water partition coefficient (Wildman–Crippen LogP) is 3.68. The second-order valence-corrected chi connectivity index (χ2v) is 5.20. The van der Waals surface area contributed by atoms with E-state index in [2.05, 4.69) is 5.32 Å². The molecule has 1 unspecified atom stereocenters. The van der Waals surface area contributed by atoms with Gasteiger partial charge in [-0.1, -0.05) is 6.07 Å². The number of hydrogen-bond acceptors (Lipinski definition) is 4. The van der Waals surface area contributed by atoms with Crippen molar-refractivity contribution in [3.05, 3.63) is 53.3 Å². The molecule has 0 amide bonds. The zero-order valence-electron chi connectivity index (χ0n) is 12.9. The van der Waals surface area contributed by atoms with Gasteiger partial charge in [-0.05, 0) is 24.3 Å². The third-order valence-corrected chi connectivity index (χ3v) is 3.24. The highest BCUT2D eigenvalue weighted by molar-refractivity contribution is 5.58. The van der Waals surface area contributed by atoms with E-state index in [4.69, 9.17) is 9.84 Å². The molecule has 0 aliphatic rings. The van der Waals surface area contributed by atoms with E-state index in [1.807, 2.05) is 0 Å². The minimum Gasteiger partial charge on any atom is -0.446 e. The molecule has 0 aliphatic heterocycles. The van der Waals surface area contributed by atoms with Gasteiger partial charge in [0, 0.05) is 6.54 Å². The molecule has 2 aromatic carbocycles. The Hall–Kier alpha value is -2.46. The molecule has 3 N–H and O–H groups in total. The van der Waals surface area contributed by atoms with Gasteiger partial charge in [0.25, 0.3) is 0 Å². The molecular weight excluding hydrogens is 368 g/mol. The summed E-state index contributed by atoms with van der Waals surface area (Å²) in [5, 5.41) is 20.5. The maximum absolute atomic E-state index is 14.0. The van der Waals surface area contributed by atoms with Gasteiger partial charge in [-0.2, -0.15) is 13.2 Å². The van der Waals surface area contributed by atoms with Crippen LogP contribution in [0.25, 0.3) is 0 Å². The summed E-state index contributed by atoms with van der Waals surface area (Å²) in [6, 6.07) is 3.45. The monoisotopic (exact) mass is 381 g/mol. The predicted molar refractivity (Wildman–Crippen MR) is 79.4 cm³/mol. The van der Waals surface area contributed by atoms with Crippen molar-refractivity contribution >= 4 is 5.69 Å². The van der Waals surface area contributed by atoms with Crippen LogP contribution in [0.1, 0.15) is 5.56 Å². The van der Waals surface area contributed by atoms with Gasteiger partial charge in [0.05, 0.1) is 24.0 Å². The van der Waals surface area contributed by atoms with Crippen LogP contribution in [0.4, 0.5) is 32.0 Å². The standard InChI is InChI=1S/C16H13F6NO3/c17-10-2-1-3-13(23-6-9(25)7-24)15(10)26-14-11(18)4-8(5-12(14)19)16(20,21)22/h1-5,9,23-25H,6-7H2. The average Bonchev–Trinajstić information content (AvgIpc) is 2.56. The Bertz CT molecular complexity index is 758. The zero-order chi connectivity index (χ0) is 19.5. The molecule has 0 heterocycles. The third-order valence-electron chi connectivity index (χ3n) is 3.24. The Labute approximate surface area is 143 Å². The van der Waals surface area contributed by atoms with E-state index < -0.39 is 53.4 Å². The average molecular weight is 381 g/mol. The molecule has 0 aromatic heterocycles. The number of nitrogens with one attached hydrogen (secondary N) is 1. The lowest BCUT2D eigenvalue weighted by Gasteiger charge is -2.16. The molecule has 1 atom stereocenters. The molecule has 142 valence electrons. The SMILES string of the molecule is OCC(O)CNc1cccc(F)c1Oc1c(F)cc(C(F)(F)F)cc1F. The molecule has 0 aliphatic carbocycles. The molecule has 10 heteroatoms. The van der Waals surface area contributed by atoms with Crippen molar-refractivity contribution in [1.29, 1.82) is 0 Å². The molecule has 0 spiro atoms. The molecule has 0 bridgehead atoms. The van der Waals surface area contributed by atoms with Crippen molar-refractivity contribution < 1.29 is 41.3 Å².